The van der Waals surface area contributed by atoms with Crippen molar-refractivity contribution in [1.29, 1.82) is 0 Å². The topological polar surface area (TPSA) is 36.3 Å². The predicted octanol–water partition coefficient (Wildman–Crippen LogP) is 5.08. The van der Waals surface area contributed by atoms with Crippen LogP contribution in [0.1, 0.15) is 12.2 Å². The molecule has 0 spiro atoms. The molecule has 0 amide bonds. The number of rotatable bonds is 8. The maximum absolute atomic E-state index is 5.92. The number of para-hydroxylation sites is 4. The highest BCUT2D eigenvalue weighted by molar-refractivity contribution is 5.75. The largest absolute Gasteiger partial charge is 0.494 e. The van der Waals surface area contributed by atoms with Crippen LogP contribution in [0.5, 0.6) is 11.5 Å². The summed E-state index contributed by atoms with van der Waals surface area (Å²) < 4.78 is 14.0. The second-order valence-electron chi connectivity index (χ2n) is 6.29. The molecule has 4 rings (SSSR count). The highest BCUT2D eigenvalue weighted by Gasteiger charge is 2.11. The molecule has 1 heterocycles. The fraction of sp³-hybridized carbons (Fsp3) is 0.174. The summed E-state index contributed by atoms with van der Waals surface area (Å²) in [6, 6.07) is 28.0. The maximum Gasteiger partial charge on any atom is 0.147 e. The Morgan fingerprint density at radius 2 is 1.33 bits per heavy atom. The summed E-state index contributed by atoms with van der Waals surface area (Å²) in [5.74, 6) is 2.68. The van der Waals surface area contributed by atoms with Gasteiger partial charge in [0.15, 0.2) is 0 Å². The molecule has 0 aliphatic heterocycles. The van der Waals surface area contributed by atoms with E-state index in [9.17, 15) is 0 Å². The summed E-state index contributed by atoms with van der Waals surface area (Å²) in [5.41, 5.74) is 2.12. The Hall–Kier alpha value is -3.27. The molecule has 0 atom stereocenters. The number of benzene rings is 3. The standard InChI is InChI=1S/C23H22N2O2/c1-3-10-19(11-4-1)26-17-9-16-25-22-15-8-7-14-21(22)24-23(25)18-27-20-12-5-2-6-13-20/h1-8,10-15H,9,16-18H2. The average Bonchev–Trinajstić information content (AvgIpc) is 3.09. The van der Waals surface area contributed by atoms with E-state index < -0.39 is 0 Å². The van der Waals surface area contributed by atoms with Crippen molar-refractivity contribution in [2.45, 2.75) is 19.6 Å². The van der Waals surface area contributed by atoms with Crippen LogP contribution in [0.3, 0.4) is 0 Å². The van der Waals surface area contributed by atoms with Crippen LogP contribution in [0.15, 0.2) is 84.9 Å². The molecule has 0 N–H and O–H groups in total. The van der Waals surface area contributed by atoms with Crippen molar-refractivity contribution in [1.82, 2.24) is 9.55 Å². The monoisotopic (exact) mass is 358 g/mol. The predicted molar refractivity (Wildman–Crippen MR) is 107 cm³/mol. The number of aromatic nitrogens is 2. The van der Waals surface area contributed by atoms with E-state index >= 15 is 0 Å². The number of aryl methyl sites for hydroxylation is 1. The molecule has 0 radical (unpaired) electrons. The van der Waals surface area contributed by atoms with E-state index in [-0.39, 0.29) is 0 Å². The van der Waals surface area contributed by atoms with E-state index in [0.29, 0.717) is 13.2 Å². The van der Waals surface area contributed by atoms with Gasteiger partial charge in [0.25, 0.3) is 0 Å². The number of fused-ring (bicyclic) bond motifs is 1. The normalized spacial score (nSPS) is 10.8. The van der Waals surface area contributed by atoms with Crippen LogP contribution in [0.25, 0.3) is 11.0 Å². The minimum atomic E-state index is 0.443. The Morgan fingerprint density at radius 1 is 0.704 bits per heavy atom. The van der Waals surface area contributed by atoms with Crippen molar-refractivity contribution in [2.75, 3.05) is 6.61 Å². The number of ether oxygens (including phenoxy) is 2. The van der Waals surface area contributed by atoms with Crippen LogP contribution in [-0.2, 0) is 13.2 Å². The van der Waals surface area contributed by atoms with Crippen molar-refractivity contribution >= 4 is 11.0 Å². The fourth-order valence-corrected chi connectivity index (χ4v) is 3.08. The molecule has 0 saturated carbocycles. The molecule has 0 bridgehead atoms. The molecule has 4 aromatic rings. The van der Waals surface area contributed by atoms with Crippen molar-refractivity contribution in [3.63, 3.8) is 0 Å². The van der Waals surface area contributed by atoms with Gasteiger partial charge in [-0.05, 0) is 42.8 Å². The van der Waals surface area contributed by atoms with Gasteiger partial charge in [0, 0.05) is 6.54 Å². The zero-order valence-electron chi connectivity index (χ0n) is 15.1. The van der Waals surface area contributed by atoms with E-state index in [2.05, 4.69) is 10.6 Å². The van der Waals surface area contributed by atoms with Gasteiger partial charge in [0.1, 0.15) is 23.9 Å². The first-order valence-electron chi connectivity index (χ1n) is 9.20. The first kappa shape index (κ1) is 17.2. The van der Waals surface area contributed by atoms with Crippen molar-refractivity contribution in [2.24, 2.45) is 0 Å². The third-order valence-electron chi connectivity index (χ3n) is 4.38. The van der Waals surface area contributed by atoms with Gasteiger partial charge >= 0.3 is 0 Å². The summed E-state index contributed by atoms with van der Waals surface area (Å²) in [7, 11) is 0. The fourth-order valence-electron chi connectivity index (χ4n) is 3.08. The SMILES string of the molecule is c1ccc(OCCCn2c(COc3ccccc3)nc3ccccc32)cc1. The second kappa shape index (κ2) is 8.41. The van der Waals surface area contributed by atoms with Gasteiger partial charge in [-0.1, -0.05) is 48.5 Å². The van der Waals surface area contributed by atoms with Crippen LogP contribution in [0.4, 0.5) is 0 Å². The summed E-state index contributed by atoms with van der Waals surface area (Å²) >= 11 is 0. The van der Waals surface area contributed by atoms with Gasteiger partial charge in [-0.25, -0.2) is 4.98 Å². The van der Waals surface area contributed by atoms with Gasteiger partial charge in [0.05, 0.1) is 17.6 Å². The molecule has 3 aromatic carbocycles. The van der Waals surface area contributed by atoms with Gasteiger partial charge in [0.2, 0.25) is 0 Å². The van der Waals surface area contributed by atoms with Crippen LogP contribution < -0.4 is 9.47 Å². The molecule has 0 fully saturated rings. The Bertz CT molecular complexity index is 981. The highest BCUT2D eigenvalue weighted by atomic mass is 16.5. The van der Waals surface area contributed by atoms with E-state index in [4.69, 9.17) is 14.5 Å². The van der Waals surface area contributed by atoms with Gasteiger partial charge in [-0.15, -0.1) is 0 Å². The average molecular weight is 358 g/mol. The van der Waals surface area contributed by atoms with E-state index in [1.165, 1.54) is 0 Å². The molecule has 0 aliphatic carbocycles. The lowest BCUT2D eigenvalue weighted by atomic mass is 10.3. The molecular formula is C23H22N2O2. The minimum absolute atomic E-state index is 0.443. The lowest BCUT2D eigenvalue weighted by Crippen LogP contribution is -2.10. The molecule has 27 heavy (non-hydrogen) atoms. The number of hydrogen-bond donors (Lipinski definition) is 0. The van der Waals surface area contributed by atoms with Gasteiger partial charge in [-0.3, -0.25) is 0 Å². The minimum Gasteiger partial charge on any atom is -0.494 e. The Balaban J connectivity index is 1.44. The molecule has 136 valence electrons. The van der Waals surface area contributed by atoms with Gasteiger partial charge < -0.3 is 14.0 Å². The molecule has 4 heteroatoms. The van der Waals surface area contributed by atoms with Crippen molar-refractivity contribution in [3.8, 4) is 11.5 Å². The zero-order valence-corrected chi connectivity index (χ0v) is 15.1. The van der Waals surface area contributed by atoms with Gasteiger partial charge in [-0.2, -0.15) is 0 Å². The molecule has 0 aliphatic rings. The lowest BCUT2D eigenvalue weighted by molar-refractivity contribution is 0.280. The number of nitrogens with zero attached hydrogens (tertiary/aromatic N) is 2. The number of hydrogen-bond acceptors (Lipinski definition) is 3. The summed E-state index contributed by atoms with van der Waals surface area (Å²) in [4.78, 5) is 4.76. The highest BCUT2D eigenvalue weighted by Crippen LogP contribution is 2.19. The smallest absolute Gasteiger partial charge is 0.147 e. The quantitative estimate of drug-likeness (QED) is 0.412. The van der Waals surface area contributed by atoms with Crippen LogP contribution in [0.2, 0.25) is 0 Å². The molecule has 1 aromatic heterocycles. The molecular weight excluding hydrogens is 336 g/mol. The van der Waals surface area contributed by atoms with Crippen LogP contribution >= 0.6 is 0 Å². The van der Waals surface area contributed by atoms with E-state index in [1.807, 2.05) is 78.9 Å². The molecule has 4 nitrogen and oxygen atoms in total. The lowest BCUT2D eigenvalue weighted by Gasteiger charge is -2.11. The van der Waals surface area contributed by atoms with Crippen LogP contribution in [-0.4, -0.2) is 16.2 Å². The third kappa shape index (κ3) is 4.29. The van der Waals surface area contributed by atoms with Crippen molar-refractivity contribution in [3.05, 3.63) is 90.8 Å². The van der Waals surface area contributed by atoms with E-state index in [1.54, 1.807) is 0 Å². The summed E-state index contributed by atoms with van der Waals surface area (Å²) in [5, 5.41) is 0. The Labute approximate surface area is 159 Å². The van der Waals surface area contributed by atoms with E-state index in [0.717, 1.165) is 41.3 Å². The molecule has 0 saturated heterocycles. The second-order valence-corrected chi connectivity index (χ2v) is 6.29. The third-order valence-corrected chi connectivity index (χ3v) is 4.38. The Morgan fingerprint density at radius 3 is 2.07 bits per heavy atom. The van der Waals surface area contributed by atoms with Crippen LogP contribution in [0, 0.1) is 0 Å². The first-order chi connectivity index (χ1) is 13.4. The Kier molecular flexibility index (Phi) is 5.34. The number of imidazole rings is 1. The summed E-state index contributed by atoms with van der Waals surface area (Å²) in [6.45, 7) is 1.94. The zero-order chi connectivity index (χ0) is 18.3. The molecule has 0 unspecified atom stereocenters. The maximum atomic E-state index is 5.92. The van der Waals surface area contributed by atoms with Crippen molar-refractivity contribution < 1.29 is 9.47 Å². The first-order valence-corrected chi connectivity index (χ1v) is 9.20. The summed E-state index contributed by atoms with van der Waals surface area (Å²) in [6.07, 6.45) is 0.896.